The predicted octanol–water partition coefficient (Wildman–Crippen LogP) is 0.470. The Kier molecular flexibility index (Phi) is 10.2. The summed E-state index contributed by atoms with van der Waals surface area (Å²) < 4.78 is 3.27. The van der Waals surface area contributed by atoms with Gasteiger partial charge in [0.05, 0.1) is 45.5 Å². The van der Waals surface area contributed by atoms with Gasteiger partial charge in [-0.15, -0.1) is 0 Å². The molecule has 0 aliphatic heterocycles. The van der Waals surface area contributed by atoms with E-state index < -0.39 is 0 Å². The summed E-state index contributed by atoms with van der Waals surface area (Å²) in [6.07, 6.45) is 5.54. The lowest BCUT2D eigenvalue weighted by Crippen LogP contribution is -3.00. The van der Waals surface area contributed by atoms with Crippen LogP contribution in [0, 0.1) is 0 Å². The molecule has 1 N–H and O–H groups in total. The number of nitrogens with zero attached hydrogens (tertiary/aromatic N) is 3. The van der Waals surface area contributed by atoms with Crippen molar-refractivity contribution < 1.29 is 43.0 Å². The minimum absolute atomic E-state index is 0. The van der Waals surface area contributed by atoms with Crippen molar-refractivity contribution in [3.8, 4) is 45.0 Å². The van der Waals surface area contributed by atoms with E-state index in [0.717, 1.165) is 44.9 Å². The molecule has 2 heterocycles. The molecule has 0 atom stereocenters. The van der Waals surface area contributed by atoms with Gasteiger partial charge < -0.3 is 43.4 Å². The Morgan fingerprint density at radius 3 is 1.74 bits per heavy atom. The summed E-state index contributed by atoms with van der Waals surface area (Å²) in [6.45, 7) is 2.21. The lowest BCUT2D eigenvalue weighted by molar-refractivity contribution is -0.873. The van der Waals surface area contributed by atoms with Crippen molar-refractivity contribution in [1.82, 2.24) is 9.97 Å². The third-order valence-corrected chi connectivity index (χ3v) is 6.44. The molecule has 196 valence electrons. The highest BCUT2D eigenvalue weighted by molar-refractivity contribution is 5.81. The molecule has 0 aliphatic carbocycles. The second kappa shape index (κ2) is 13.1. The maximum atomic E-state index is 5.03. The molecule has 0 unspecified atom stereocenters. The summed E-state index contributed by atoms with van der Waals surface area (Å²) in [5.41, 5.74) is 7.75. The van der Waals surface area contributed by atoms with Gasteiger partial charge in [0, 0.05) is 28.8 Å². The van der Waals surface area contributed by atoms with Gasteiger partial charge in [0.2, 0.25) is 0 Å². The minimum atomic E-state index is 0. The van der Waals surface area contributed by atoms with Gasteiger partial charge in [0.25, 0.3) is 0 Å². The summed E-state index contributed by atoms with van der Waals surface area (Å²) in [5, 5.41) is 0. The average Bonchev–Trinajstić information content (AvgIpc) is 3.35. The first-order chi connectivity index (χ1) is 17.5. The van der Waals surface area contributed by atoms with Gasteiger partial charge in [0.15, 0.2) is 18.9 Å². The first kappa shape index (κ1) is 29.5. The zero-order valence-corrected chi connectivity index (χ0v) is 25.3. The number of aromatic amines is 1. The summed E-state index contributed by atoms with van der Waals surface area (Å²) in [6, 6.07) is 33.8. The number of quaternary nitrogens is 1. The molecule has 0 saturated heterocycles. The molecule has 4 nitrogen and oxygen atoms in total. The molecule has 0 radical (unpaired) electrons. The number of aryl methyl sites for hydroxylation is 1. The Balaban J connectivity index is 0.00000200. The Hall–Kier alpha value is -3.06. The highest BCUT2D eigenvalue weighted by Gasteiger charge is 2.15. The molecule has 0 spiro atoms. The molecular formula is C32H34Br2N4. The van der Waals surface area contributed by atoms with E-state index in [4.69, 9.17) is 4.98 Å². The van der Waals surface area contributed by atoms with Crippen LogP contribution in [0.25, 0.3) is 45.0 Å². The SMILES string of the molecule is C[N+](C)(C)CCC[n+]1ccc(-c2ccc(-c3nc(-c4ccccc4)c(-c4ccccc4)[nH]3)cc2)cc1.[Br-].[Br-]. The van der Waals surface area contributed by atoms with E-state index in [2.05, 4.69) is 128 Å². The molecule has 0 bridgehead atoms. The molecule has 38 heavy (non-hydrogen) atoms. The number of halogens is 2. The van der Waals surface area contributed by atoms with Crippen LogP contribution in [0.15, 0.2) is 109 Å². The summed E-state index contributed by atoms with van der Waals surface area (Å²) in [4.78, 5) is 8.62. The van der Waals surface area contributed by atoms with Crippen LogP contribution in [0.5, 0.6) is 0 Å². The highest BCUT2D eigenvalue weighted by Crippen LogP contribution is 2.33. The molecule has 0 saturated carbocycles. The van der Waals surface area contributed by atoms with Gasteiger partial charge >= 0.3 is 0 Å². The Morgan fingerprint density at radius 2 is 1.16 bits per heavy atom. The summed E-state index contributed by atoms with van der Waals surface area (Å²) >= 11 is 0. The van der Waals surface area contributed by atoms with E-state index in [1.165, 1.54) is 24.1 Å². The number of imidazole rings is 1. The van der Waals surface area contributed by atoms with Crippen molar-refractivity contribution in [3.05, 3.63) is 109 Å². The van der Waals surface area contributed by atoms with Crippen LogP contribution in [0.2, 0.25) is 0 Å². The monoisotopic (exact) mass is 632 g/mol. The Labute approximate surface area is 247 Å². The van der Waals surface area contributed by atoms with Crippen molar-refractivity contribution in [1.29, 1.82) is 0 Å². The van der Waals surface area contributed by atoms with E-state index >= 15 is 0 Å². The second-order valence-electron chi connectivity index (χ2n) is 10.3. The van der Waals surface area contributed by atoms with Crippen LogP contribution in [0.4, 0.5) is 0 Å². The second-order valence-corrected chi connectivity index (χ2v) is 10.3. The highest BCUT2D eigenvalue weighted by atomic mass is 79.9. The third-order valence-electron chi connectivity index (χ3n) is 6.44. The smallest absolute Gasteiger partial charge is 0.169 e. The Morgan fingerprint density at radius 1 is 0.632 bits per heavy atom. The van der Waals surface area contributed by atoms with E-state index in [1.54, 1.807) is 0 Å². The number of aromatic nitrogens is 3. The molecule has 2 aromatic heterocycles. The minimum Gasteiger partial charge on any atom is -1.00 e. The van der Waals surface area contributed by atoms with Crippen LogP contribution < -0.4 is 38.5 Å². The van der Waals surface area contributed by atoms with Crippen molar-refractivity contribution >= 4 is 0 Å². The van der Waals surface area contributed by atoms with E-state index in [-0.39, 0.29) is 34.0 Å². The average molecular weight is 634 g/mol. The van der Waals surface area contributed by atoms with Crippen LogP contribution in [-0.2, 0) is 6.54 Å². The number of hydrogen-bond acceptors (Lipinski definition) is 1. The van der Waals surface area contributed by atoms with Gasteiger partial charge in [0.1, 0.15) is 5.82 Å². The fourth-order valence-corrected chi connectivity index (χ4v) is 4.48. The van der Waals surface area contributed by atoms with Gasteiger partial charge in [-0.3, -0.25) is 0 Å². The summed E-state index contributed by atoms with van der Waals surface area (Å²) in [5.74, 6) is 0.877. The fraction of sp³-hybridized carbons (Fsp3) is 0.188. The maximum Gasteiger partial charge on any atom is 0.169 e. The first-order valence-corrected chi connectivity index (χ1v) is 12.6. The van der Waals surface area contributed by atoms with Crippen LogP contribution >= 0.6 is 0 Å². The molecular weight excluding hydrogens is 600 g/mol. The first-order valence-electron chi connectivity index (χ1n) is 12.6. The molecule has 6 heteroatoms. The zero-order chi connectivity index (χ0) is 25.0. The standard InChI is InChI=1S/C32H33N4.2BrH/c1-36(2,3)24-10-21-35-22-19-26(20-23-35)25-15-17-29(18-16-25)32-33-30(27-11-6-4-7-12-27)31(34-32)28-13-8-5-9-14-28;;/h4-9,11-20,22-23H,10,21,24H2,1-3H3;2*1H/q+1;;/p-1. The molecule has 0 aliphatic rings. The van der Waals surface area contributed by atoms with Crippen LogP contribution in [0.1, 0.15) is 6.42 Å². The van der Waals surface area contributed by atoms with E-state index in [9.17, 15) is 0 Å². The van der Waals surface area contributed by atoms with Crippen molar-refractivity contribution in [2.45, 2.75) is 13.0 Å². The van der Waals surface area contributed by atoms with Gasteiger partial charge in [-0.2, -0.15) is 0 Å². The van der Waals surface area contributed by atoms with Gasteiger partial charge in [-0.05, 0) is 11.1 Å². The van der Waals surface area contributed by atoms with E-state index in [0.29, 0.717) is 0 Å². The molecule has 5 rings (SSSR count). The van der Waals surface area contributed by atoms with Gasteiger partial charge in [-0.1, -0.05) is 84.9 Å². The maximum absolute atomic E-state index is 5.03. The number of benzene rings is 3. The lowest BCUT2D eigenvalue weighted by Gasteiger charge is -2.22. The number of hydrogen-bond donors (Lipinski definition) is 1. The number of pyridine rings is 1. The third kappa shape index (κ3) is 7.28. The zero-order valence-electron chi connectivity index (χ0n) is 22.1. The van der Waals surface area contributed by atoms with Crippen molar-refractivity contribution in [2.75, 3.05) is 27.7 Å². The number of rotatable bonds is 8. The summed E-state index contributed by atoms with van der Waals surface area (Å²) in [7, 11) is 6.72. The molecule has 0 fully saturated rings. The normalized spacial score (nSPS) is 10.9. The van der Waals surface area contributed by atoms with Crippen molar-refractivity contribution in [3.63, 3.8) is 0 Å². The molecule has 5 aromatic rings. The number of H-pyrrole nitrogens is 1. The fourth-order valence-electron chi connectivity index (χ4n) is 4.48. The van der Waals surface area contributed by atoms with Gasteiger partial charge in [-0.25, -0.2) is 9.55 Å². The predicted molar refractivity (Wildman–Crippen MR) is 148 cm³/mol. The van der Waals surface area contributed by atoms with Crippen molar-refractivity contribution in [2.24, 2.45) is 0 Å². The largest absolute Gasteiger partial charge is 1.00 e. The molecule has 0 amide bonds. The lowest BCUT2D eigenvalue weighted by atomic mass is 10.0. The quantitative estimate of drug-likeness (QED) is 0.196. The van der Waals surface area contributed by atoms with E-state index in [1.807, 2.05) is 12.1 Å². The van der Waals surface area contributed by atoms with Crippen LogP contribution in [-0.4, -0.2) is 42.1 Å². The number of nitrogens with one attached hydrogen (secondary N) is 1. The molecule has 3 aromatic carbocycles. The van der Waals surface area contributed by atoms with Crippen LogP contribution in [0.3, 0.4) is 0 Å². The topological polar surface area (TPSA) is 32.6 Å². The Bertz CT molecular complexity index is 1350.